The van der Waals surface area contributed by atoms with Crippen LogP contribution in [0.5, 0.6) is 0 Å². The molecule has 1 aromatic rings. The van der Waals surface area contributed by atoms with Crippen LogP contribution in [0.25, 0.3) is 0 Å². The Kier molecular flexibility index (Phi) is 3.73. The van der Waals surface area contributed by atoms with Crippen LogP contribution in [0.1, 0.15) is 44.8 Å². The van der Waals surface area contributed by atoms with Crippen LogP contribution in [0.2, 0.25) is 5.02 Å². The smallest absolute Gasteiger partial charge is 0.155 e. The second-order valence-corrected chi connectivity index (χ2v) is 5.36. The molecule has 0 aliphatic carbocycles. The number of hydrogen-bond donors (Lipinski definition) is 1. The van der Waals surface area contributed by atoms with Crippen molar-refractivity contribution in [2.75, 3.05) is 13.1 Å². The van der Waals surface area contributed by atoms with E-state index in [2.05, 4.69) is 10.4 Å². The van der Waals surface area contributed by atoms with Crippen LogP contribution in [-0.2, 0) is 5.67 Å². The first-order valence-electron chi connectivity index (χ1n) is 6.18. The van der Waals surface area contributed by atoms with Crippen molar-refractivity contribution in [3.05, 3.63) is 16.9 Å². The summed E-state index contributed by atoms with van der Waals surface area (Å²) in [5, 5.41) is 7.86. The Morgan fingerprint density at radius 3 is 2.94 bits per heavy atom. The third-order valence-electron chi connectivity index (χ3n) is 3.29. The highest BCUT2D eigenvalue weighted by Crippen LogP contribution is 2.40. The quantitative estimate of drug-likeness (QED) is 0.885. The third kappa shape index (κ3) is 2.47. The maximum Gasteiger partial charge on any atom is 0.155 e. The van der Waals surface area contributed by atoms with Gasteiger partial charge in [0.1, 0.15) is 0 Å². The number of aromatic nitrogens is 2. The molecule has 17 heavy (non-hydrogen) atoms. The molecular weight excluding hydrogens is 241 g/mol. The summed E-state index contributed by atoms with van der Waals surface area (Å²) in [7, 11) is 0. The summed E-state index contributed by atoms with van der Waals surface area (Å²) < 4.78 is 16.8. The van der Waals surface area contributed by atoms with Gasteiger partial charge in [-0.1, -0.05) is 11.6 Å². The highest BCUT2D eigenvalue weighted by atomic mass is 35.5. The number of halogens is 2. The number of nitrogens with one attached hydrogen (secondary N) is 1. The average molecular weight is 260 g/mol. The van der Waals surface area contributed by atoms with Crippen molar-refractivity contribution in [3.63, 3.8) is 0 Å². The first-order chi connectivity index (χ1) is 8.04. The summed E-state index contributed by atoms with van der Waals surface area (Å²) >= 11 is 6.12. The van der Waals surface area contributed by atoms with Gasteiger partial charge in [-0.2, -0.15) is 5.10 Å². The summed E-state index contributed by atoms with van der Waals surface area (Å²) in [6.45, 7) is 5.55. The van der Waals surface area contributed by atoms with Gasteiger partial charge in [-0.25, -0.2) is 4.39 Å². The van der Waals surface area contributed by atoms with Crippen LogP contribution < -0.4 is 5.32 Å². The Morgan fingerprint density at radius 2 is 2.24 bits per heavy atom. The fourth-order valence-electron chi connectivity index (χ4n) is 2.42. The minimum Gasteiger partial charge on any atom is -0.317 e. The van der Waals surface area contributed by atoms with Gasteiger partial charge in [-0.3, -0.25) is 4.68 Å². The molecule has 1 unspecified atom stereocenters. The van der Waals surface area contributed by atoms with Gasteiger partial charge in [0.25, 0.3) is 0 Å². The van der Waals surface area contributed by atoms with E-state index in [0.717, 1.165) is 13.0 Å². The first kappa shape index (κ1) is 12.8. The van der Waals surface area contributed by atoms with Crippen LogP contribution in [0.3, 0.4) is 0 Å². The molecule has 0 bridgehead atoms. The zero-order valence-corrected chi connectivity index (χ0v) is 11.1. The Balaban J connectivity index is 2.39. The van der Waals surface area contributed by atoms with Crippen LogP contribution in [0.15, 0.2) is 6.20 Å². The van der Waals surface area contributed by atoms with E-state index < -0.39 is 5.67 Å². The molecule has 0 aromatic carbocycles. The van der Waals surface area contributed by atoms with Gasteiger partial charge in [-0.05, 0) is 46.2 Å². The molecule has 2 rings (SSSR count). The van der Waals surface area contributed by atoms with E-state index in [1.165, 1.54) is 0 Å². The molecule has 0 spiro atoms. The summed E-state index contributed by atoms with van der Waals surface area (Å²) in [6.07, 6.45) is 3.36. The zero-order chi connectivity index (χ0) is 12.5. The lowest BCUT2D eigenvalue weighted by Gasteiger charge is -2.26. The third-order valence-corrected chi connectivity index (χ3v) is 3.57. The SMILES string of the molecule is CC(C)n1ncc(Cl)c1C1(F)CCCNCC1. The van der Waals surface area contributed by atoms with E-state index >= 15 is 4.39 Å². The topological polar surface area (TPSA) is 29.9 Å². The van der Waals surface area contributed by atoms with Gasteiger partial charge in [0.15, 0.2) is 5.67 Å². The van der Waals surface area contributed by atoms with Crippen molar-refractivity contribution in [3.8, 4) is 0 Å². The van der Waals surface area contributed by atoms with Gasteiger partial charge in [0, 0.05) is 6.04 Å². The molecule has 5 heteroatoms. The summed E-state index contributed by atoms with van der Waals surface area (Å²) in [6, 6.07) is 0.126. The summed E-state index contributed by atoms with van der Waals surface area (Å²) in [4.78, 5) is 0. The molecule has 1 aliphatic heterocycles. The lowest BCUT2D eigenvalue weighted by molar-refractivity contribution is 0.129. The van der Waals surface area contributed by atoms with Gasteiger partial charge in [0.2, 0.25) is 0 Å². The molecule has 1 N–H and O–H groups in total. The fraction of sp³-hybridized carbons (Fsp3) is 0.750. The molecule has 96 valence electrons. The molecule has 1 saturated heterocycles. The highest BCUT2D eigenvalue weighted by molar-refractivity contribution is 6.31. The van der Waals surface area contributed by atoms with Crippen molar-refractivity contribution < 1.29 is 4.39 Å². The number of hydrogen-bond acceptors (Lipinski definition) is 2. The van der Waals surface area contributed by atoms with E-state index in [9.17, 15) is 0 Å². The largest absolute Gasteiger partial charge is 0.317 e. The van der Waals surface area contributed by atoms with Crippen LogP contribution in [0, 0.1) is 0 Å². The van der Waals surface area contributed by atoms with E-state index in [-0.39, 0.29) is 6.04 Å². The standard InChI is InChI=1S/C12H19ClFN3/c1-9(2)17-11(10(13)8-16-17)12(14)4-3-6-15-7-5-12/h8-9,15H,3-7H2,1-2H3. The predicted octanol–water partition coefficient (Wildman–Crippen LogP) is 3.06. The fourth-order valence-corrected chi connectivity index (χ4v) is 2.72. The minimum absolute atomic E-state index is 0.126. The van der Waals surface area contributed by atoms with E-state index in [1.807, 2.05) is 13.8 Å². The van der Waals surface area contributed by atoms with Crippen LogP contribution in [-0.4, -0.2) is 22.9 Å². The Hall–Kier alpha value is -0.610. The molecule has 0 amide bonds. The number of rotatable bonds is 2. The normalized spacial score (nSPS) is 26.2. The maximum atomic E-state index is 15.1. The number of nitrogens with zero attached hydrogens (tertiary/aromatic N) is 2. The molecule has 1 atom stereocenters. The molecular formula is C12H19ClFN3. The zero-order valence-electron chi connectivity index (χ0n) is 10.3. The molecule has 0 radical (unpaired) electrons. The summed E-state index contributed by atoms with van der Waals surface area (Å²) in [5.41, 5.74) is -0.792. The van der Waals surface area contributed by atoms with Gasteiger partial charge < -0.3 is 5.32 Å². The van der Waals surface area contributed by atoms with Gasteiger partial charge >= 0.3 is 0 Å². The Labute approximate surface area is 106 Å². The van der Waals surface area contributed by atoms with Crippen LogP contribution >= 0.6 is 11.6 Å². The Morgan fingerprint density at radius 1 is 1.47 bits per heavy atom. The first-order valence-corrected chi connectivity index (χ1v) is 6.55. The summed E-state index contributed by atoms with van der Waals surface area (Å²) in [5.74, 6) is 0. The molecule has 1 aliphatic rings. The van der Waals surface area contributed by atoms with Crippen LogP contribution in [0.4, 0.5) is 4.39 Å². The lowest BCUT2D eigenvalue weighted by Crippen LogP contribution is -2.27. The lowest BCUT2D eigenvalue weighted by atomic mass is 9.92. The van der Waals surface area contributed by atoms with E-state index in [0.29, 0.717) is 30.1 Å². The maximum absolute atomic E-state index is 15.1. The van der Waals surface area contributed by atoms with Crippen molar-refractivity contribution >= 4 is 11.6 Å². The minimum atomic E-state index is -1.35. The van der Waals surface area contributed by atoms with Crippen molar-refractivity contribution in [1.29, 1.82) is 0 Å². The van der Waals surface area contributed by atoms with Gasteiger partial charge in [-0.15, -0.1) is 0 Å². The van der Waals surface area contributed by atoms with Crippen molar-refractivity contribution in [2.24, 2.45) is 0 Å². The molecule has 1 fully saturated rings. The van der Waals surface area contributed by atoms with E-state index in [4.69, 9.17) is 11.6 Å². The second kappa shape index (κ2) is 4.94. The average Bonchev–Trinajstić information content (AvgIpc) is 2.53. The van der Waals surface area contributed by atoms with Crippen molar-refractivity contribution in [1.82, 2.24) is 15.1 Å². The molecule has 1 aromatic heterocycles. The van der Waals surface area contributed by atoms with Crippen molar-refractivity contribution in [2.45, 2.75) is 44.8 Å². The number of alkyl halides is 1. The molecule has 2 heterocycles. The van der Waals surface area contributed by atoms with E-state index in [1.54, 1.807) is 10.9 Å². The monoisotopic (exact) mass is 259 g/mol. The highest BCUT2D eigenvalue weighted by Gasteiger charge is 2.38. The molecule has 3 nitrogen and oxygen atoms in total. The molecule has 0 saturated carbocycles. The predicted molar refractivity (Wildman–Crippen MR) is 67.1 cm³/mol. The Bertz CT molecular complexity index is 381. The second-order valence-electron chi connectivity index (χ2n) is 4.95. The van der Waals surface area contributed by atoms with Gasteiger partial charge in [0.05, 0.1) is 16.9 Å².